The van der Waals surface area contributed by atoms with Gasteiger partial charge in [0.1, 0.15) is 6.33 Å². The highest BCUT2D eigenvalue weighted by Gasteiger charge is 2.10. The van der Waals surface area contributed by atoms with E-state index in [1.807, 2.05) is 6.20 Å². The van der Waals surface area contributed by atoms with Gasteiger partial charge in [-0.1, -0.05) is 33.8 Å². The predicted octanol–water partition coefficient (Wildman–Crippen LogP) is 3.88. The molecule has 1 aromatic heterocycles. The molecule has 1 aromatic carbocycles. The average molecular weight is 214 g/mol. The van der Waals surface area contributed by atoms with Crippen LogP contribution in [-0.4, -0.2) is 9.97 Å². The highest BCUT2D eigenvalue weighted by atomic mass is 14.8. The van der Waals surface area contributed by atoms with Crippen LogP contribution in [0.3, 0.4) is 0 Å². The van der Waals surface area contributed by atoms with E-state index in [1.165, 1.54) is 16.5 Å². The Morgan fingerprint density at radius 3 is 2.38 bits per heavy atom. The second kappa shape index (κ2) is 4.20. The van der Waals surface area contributed by atoms with Gasteiger partial charge in [0.05, 0.1) is 5.52 Å². The number of hydrogen-bond acceptors (Lipinski definition) is 2. The zero-order chi connectivity index (χ0) is 11.7. The molecule has 0 atom stereocenters. The molecule has 0 fully saturated rings. The summed E-state index contributed by atoms with van der Waals surface area (Å²) in [6.07, 6.45) is 3.54. The first-order valence-electron chi connectivity index (χ1n) is 5.83. The van der Waals surface area contributed by atoms with Crippen LogP contribution >= 0.6 is 0 Å². The summed E-state index contributed by atoms with van der Waals surface area (Å²) in [4.78, 5) is 8.48. The molecule has 2 rings (SSSR count). The highest BCUT2D eigenvalue weighted by molar-refractivity contribution is 5.82. The maximum absolute atomic E-state index is 4.36. The van der Waals surface area contributed by atoms with Crippen LogP contribution in [0.1, 0.15) is 50.7 Å². The SMILES string of the molecule is CC(C)c1cc(C(C)C)c2cncnc2c1. The lowest BCUT2D eigenvalue weighted by molar-refractivity contribution is 0.840. The lowest BCUT2D eigenvalue weighted by Gasteiger charge is -2.13. The van der Waals surface area contributed by atoms with Crippen LogP contribution < -0.4 is 0 Å². The minimum absolute atomic E-state index is 0.507. The fourth-order valence-corrected chi connectivity index (χ4v) is 1.94. The van der Waals surface area contributed by atoms with Crippen molar-refractivity contribution in [1.29, 1.82) is 0 Å². The first-order valence-corrected chi connectivity index (χ1v) is 5.83. The molecular formula is C14H18N2. The summed E-state index contributed by atoms with van der Waals surface area (Å²) in [5, 5.41) is 1.18. The van der Waals surface area contributed by atoms with E-state index in [4.69, 9.17) is 0 Å². The van der Waals surface area contributed by atoms with E-state index in [-0.39, 0.29) is 0 Å². The average Bonchev–Trinajstić information content (AvgIpc) is 2.27. The van der Waals surface area contributed by atoms with Crippen molar-refractivity contribution in [2.24, 2.45) is 0 Å². The molecule has 0 spiro atoms. The molecule has 0 amide bonds. The lowest BCUT2D eigenvalue weighted by atomic mass is 9.93. The number of benzene rings is 1. The Morgan fingerprint density at radius 2 is 1.75 bits per heavy atom. The zero-order valence-corrected chi connectivity index (χ0v) is 10.4. The molecule has 84 valence electrons. The molecule has 1 heterocycles. The van der Waals surface area contributed by atoms with Gasteiger partial charge in [0, 0.05) is 11.6 Å². The molecule has 0 aliphatic rings. The fourth-order valence-electron chi connectivity index (χ4n) is 1.94. The normalized spacial score (nSPS) is 11.6. The van der Waals surface area contributed by atoms with E-state index in [2.05, 4.69) is 49.8 Å². The van der Waals surface area contributed by atoms with Gasteiger partial charge in [0.15, 0.2) is 0 Å². The van der Waals surface area contributed by atoms with Crippen molar-refractivity contribution >= 4 is 10.9 Å². The molecule has 2 heteroatoms. The summed E-state index contributed by atoms with van der Waals surface area (Å²) in [5.74, 6) is 1.05. The molecule has 0 saturated carbocycles. The van der Waals surface area contributed by atoms with Crippen molar-refractivity contribution in [2.45, 2.75) is 39.5 Å². The van der Waals surface area contributed by atoms with Gasteiger partial charge in [-0.25, -0.2) is 9.97 Å². The summed E-state index contributed by atoms with van der Waals surface area (Å²) < 4.78 is 0. The number of aromatic nitrogens is 2. The second-order valence-electron chi connectivity index (χ2n) is 4.88. The van der Waals surface area contributed by atoms with Gasteiger partial charge >= 0.3 is 0 Å². The molecule has 0 aliphatic carbocycles. The summed E-state index contributed by atoms with van der Waals surface area (Å²) in [6.45, 7) is 8.86. The van der Waals surface area contributed by atoms with E-state index in [9.17, 15) is 0 Å². The molecule has 0 N–H and O–H groups in total. The molecule has 0 unspecified atom stereocenters. The van der Waals surface area contributed by atoms with Crippen LogP contribution in [0.5, 0.6) is 0 Å². The molecule has 16 heavy (non-hydrogen) atoms. The van der Waals surface area contributed by atoms with Crippen molar-refractivity contribution in [3.8, 4) is 0 Å². The quantitative estimate of drug-likeness (QED) is 0.758. The topological polar surface area (TPSA) is 25.8 Å². The second-order valence-corrected chi connectivity index (χ2v) is 4.88. The standard InChI is InChI=1S/C14H18N2/c1-9(2)11-5-12(10(3)4)13-7-15-8-16-14(13)6-11/h5-10H,1-4H3. The third-order valence-electron chi connectivity index (χ3n) is 2.97. The van der Waals surface area contributed by atoms with E-state index < -0.39 is 0 Å². The third kappa shape index (κ3) is 1.92. The number of rotatable bonds is 2. The van der Waals surface area contributed by atoms with Gasteiger partial charge < -0.3 is 0 Å². The van der Waals surface area contributed by atoms with Crippen LogP contribution in [0.4, 0.5) is 0 Å². The van der Waals surface area contributed by atoms with E-state index in [0.717, 1.165) is 5.52 Å². The molecule has 0 saturated heterocycles. The zero-order valence-electron chi connectivity index (χ0n) is 10.4. The van der Waals surface area contributed by atoms with Crippen molar-refractivity contribution < 1.29 is 0 Å². The van der Waals surface area contributed by atoms with Gasteiger partial charge in [0.25, 0.3) is 0 Å². The summed E-state index contributed by atoms with van der Waals surface area (Å²) in [7, 11) is 0. The lowest BCUT2D eigenvalue weighted by Crippen LogP contribution is -1.96. The minimum atomic E-state index is 0.507. The molecule has 2 nitrogen and oxygen atoms in total. The van der Waals surface area contributed by atoms with E-state index in [0.29, 0.717) is 11.8 Å². The summed E-state index contributed by atoms with van der Waals surface area (Å²) >= 11 is 0. The fraction of sp³-hybridized carbons (Fsp3) is 0.429. The Labute approximate surface area is 96.7 Å². The number of hydrogen-bond donors (Lipinski definition) is 0. The summed E-state index contributed by atoms with van der Waals surface area (Å²) in [5.41, 5.74) is 3.77. The van der Waals surface area contributed by atoms with Crippen molar-refractivity contribution in [3.05, 3.63) is 35.8 Å². The Bertz CT molecular complexity index is 501. The van der Waals surface area contributed by atoms with Crippen molar-refractivity contribution in [2.75, 3.05) is 0 Å². The smallest absolute Gasteiger partial charge is 0.116 e. The van der Waals surface area contributed by atoms with Crippen LogP contribution in [0, 0.1) is 0 Å². The van der Waals surface area contributed by atoms with Gasteiger partial charge in [-0.3, -0.25) is 0 Å². The number of nitrogens with zero attached hydrogens (tertiary/aromatic N) is 2. The van der Waals surface area contributed by atoms with Crippen LogP contribution in [-0.2, 0) is 0 Å². The van der Waals surface area contributed by atoms with E-state index >= 15 is 0 Å². The molecule has 2 aromatic rings. The van der Waals surface area contributed by atoms with Gasteiger partial charge in [-0.15, -0.1) is 0 Å². The van der Waals surface area contributed by atoms with Gasteiger partial charge in [0.2, 0.25) is 0 Å². The molecule has 0 radical (unpaired) electrons. The molecule has 0 aliphatic heterocycles. The van der Waals surface area contributed by atoms with Crippen LogP contribution in [0.15, 0.2) is 24.7 Å². The Hall–Kier alpha value is -1.44. The van der Waals surface area contributed by atoms with Crippen LogP contribution in [0.25, 0.3) is 10.9 Å². The maximum atomic E-state index is 4.36. The highest BCUT2D eigenvalue weighted by Crippen LogP contribution is 2.28. The van der Waals surface area contributed by atoms with Crippen molar-refractivity contribution in [3.63, 3.8) is 0 Å². The monoisotopic (exact) mass is 214 g/mol. The summed E-state index contributed by atoms with van der Waals surface area (Å²) in [6, 6.07) is 4.47. The predicted molar refractivity (Wildman–Crippen MR) is 67.7 cm³/mol. The molecule has 0 bridgehead atoms. The maximum Gasteiger partial charge on any atom is 0.116 e. The minimum Gasteiger partial charge on any atom is -0.244 e. The van der Waals surface area contributed by atoms with Gasteiger partial charge in [-0.05, 0) is 29.0 Å². The largest absolute Gasteiger partial charge is 0.244 e. The first-order chi connectivity index (χ1) is 7.59. The molecular weight excluding hydrogens is 196 g/mol. The van der Waals surface area contributed by atoms with Gasteiger partial charge in [-0.2, -0.15) is 0 Å². The van der Waals surface area contributed by atoms with E-state index in [1.54, 1.807) is 6.33 Å². The Morgan fingerprint density at radius 1 is 1.00 bits per heavy atom. The first kappa shape index (κ1) is 11.1. The Kier molecular flexibility index (Phi) is 2.90. The van der Waals surface area contributed by atoms with Crippen LogP contribution in [0.2, 0.25) is 0 Å². The number of fused-ring (bicyclic) bond motifs is 1. The van der Waals surface area contributed by atoms with Crippen molar-refractivity contribution in [1.82, 2.24) is 9.97 Å². The third-order valence-corrected chi connectivity index (χ3v) is 2.97. The Balaban J connectivity index is 2.74.